The fourth-order valence-corrected chi connectivity index (χ4v) is 9.71. The number of carbonyl (C=O) groups is 6. The normalized spacial score (nSPS) is 17.2. The number of aliphatic carboxylic acids is 1. The summed E-state index contributed by atoms with van der Waals surface area (Å²) in [5.74, 6) is -3.89. The van der Waals surface area contributed by atoms with Crippen molar-refractivity contribution >= 4 is 51.7 Å². The predicted octanol–water partition coefficient (Wildman–Crippen LogP) is 1.21. The summed E-state index contributed by atoms with van der Waals surface area (Å²) >= 11 is 0. The first-order valence-corrected chi connectivity index (χ1v) is 27.3. The fourth-order valence-electron chi connectivity index (χ4n) is 6.70. The monoisotopic (exact) mass is 820 g/mol. The van der Waals surface area contributed by atoms with Gasteiger partial charge in [-0.25, -0.2) is 0 Å². The standard InChI is InChI=1S/C38H68N8O8Si2/c1-55(2,3)23-30(35(50)45-31(38(53)54)24-56(4,5)6)44-34(49)29(22-25-15-17-26(47)18-16-25)43-36(51)32-14-11-21-46(32)37(52)28(13-8-10-20-40)42-33(48)27(41)12-7-9-19-39/h15-18,27-32,47H,7-14,19-24,39-41H2,1-6H3,(H,42,48)(H,43,51)(H,44,49)(H,45,50)(H,53,54)/t27-,28-,29-,30-,31-,32-/m0/s1. The minimum atomic E-state index is -2.04. The molecule has 56 heavy (non-hydrogen) atoms. The molecule has 16 nitrogen and oxygen atoms in total. The van der Waals surface area contributed by atoms with Crippen LogP contribution in [-0.4, -0.2) is 123 Å². The van der Waals surface area contributed by atoms with E-state index in [1.54, 1.807) is 12.1 Å². The Morgan fingerprint density at radius 3 is 1.80 bits per heavy atom. The quantitative estimate of drug-likeness (QED) is 0.0528. The molecule has 1 heterocycles. The second kappa shape index (κ2) is 22.8. The van der Waals surface area contributed by atoms with Crippen LogP contribution < -0.4 is 38.5 Å². The van der Waals surface area contributed by atoms with E-state index < -0.39 is 87.9 Å². The number of nitrogens with zero attached hydrogens (tertiary/aromatic N) is 1. The third kappa shape index (κ3) is 17.1. The zero-order chi connectivity index (χ0) is 42.2. The van der Waals surface area contributed by atoms with Crippen LogP contribution in [0.1, 0.15) is 56.9 Å². The summed E-state index contributed by atoms with van der Waals surface area (Å²) in [5.41, 5.74) is 18.0. The van der Waals surface area contributed by atoms with Crippen molar-refractivity contribution in [1.82, 2.24) is 26.2 Å². The van der Waals surface area contributed by atoms with E-state index in [2.05, 4.69) is 21.3 Å². The van der Waals surface area contributed by atoms with Crippen LogP contribution in [0.5, 0.6) is 5.75 Å². The summed E-state index contributed by atoms with van der Waals surface area (Å²) in [6.45, 7) is 13.2. The molecule has 1 aromatic carbocycles. The van der Waals surface area contributed by atoms with Crippen molar-refractivity contribution in [3.8, 4) is 5.75 Å². The van der Waals surface area contributed by atoms with Crippen LogP contribution in [0.2, 0.25) is 51.4 Å². The van der Waals surface area contributed by atoms with Gasteiger partial charge in [-0.05, 0) is 87.8 Å². The van der Waals surface area contributed by atoms with Crippen LogP contribution in [0.3, 0.4) is 0 Å². The third-order valence-corrected chi connectivity index (χ3v) is 12.9. The number of hydrogen-bond acceptors (Lipinski definition) is 10. The number of unbranched alkanes of at least 4 members (excludes halogenated alkanes) is 2. The van der Waals surface area contributed by atoms with Gasteiger partial charge in [0, 0.05) is 29.1 Å². The molecule has 18 heteroatoms. The molecule has 316 valence electrons. The molecule has 0 radical (unpaired) electrons. The Balaban J connectivity index is 2.37. The van der Waals surface area contributed by atoms with Gasteiger partial charge in [-0.15, -0.1) is 0 Å². The third-order valence-electron chi connectivity index (χ3n) is 9.60. The highest BCUT2D eigenvalue weighted by Gasteiger charge is 2.40. The Bertz CT molecular complexity index is 1470. The lowest BCUT2D eigenvalue weighted by atomic mass is 10.0. The topological polar surface area (TPSA) is 272 Å². The molecule has 12 N–H and O–H groups in total. The number of phenolic OH excluding ortho intramolecular Hbond substituents is 1. The Hall–Kier alpha value is -3.85. The SMILES string of the molecule is C[Si](C)(C)C[C@H](NC(=O)[C@H](C[Si](C)(C)C)NC(=O)[C@H](Cc1ccc(O)cc1)NC(=O)[C@@H]1CCCN1C(=O)[C@H](CCCCN)NC(=O)[C@@H](N)CCCCN)C(=O)O. The van der Waals surface area contributed by atoms with Gasteiger partial charge in [0.05, 0.1) is 6.04 Å². The molecule has 0 saturated carbocycles. The van der Waals surface area contributed by atoms with E-state index >= 15 is 0 Å². The second-order valence-corrected chi connectivity index (χ2v) is 28.4. The molecule has 1 aromatic rings. The van der Waals surface area contributed by atoms with Crippen LogP contribution >= 0.6 is 0 Å². The van der Waals surface area contributed by atoms with Crippen molar-refractivity contribution in [3.63, 3.8) is 0 Å². The second-order valence-electron chi connectivity index (χ2n) is 17.3. The summed E-state index contributed by atoms with van der Waals surface area (Å²) < 4.78 is 0. The van der Waals surface area contributed by atoms with Gasteiger partial charge in [0.15, 0.2) is 0 Å². The number of aromatic hydroxyl groups is 1. The number of carboxylic acids is 1. The molecule has 0 spiro atoms. The first-order chi connectivity index (χ1) is 26.1. The molecule has 6 atom stereocenters. The number of benzene rings is 1. The summed E-state index contributed by atoms with van der Waals surface area (Å²) in [7, 11) is -3.95. The minimum absolute atomic E-state index is 0.00695. The van der Waals surface area contributed by atoms with E-state index in [1.165, 1.54) is 17.0 Å². The van der Waals surface area contributed by atoms with E-state index in [-0.39, 0.29) is 18.7 Å². The number of carbonyl (C=O) groups excluding carboxylic acids is 5. The number of nitrogens with two attached hydrogens (primary N) is 3. The Kier molecular flexibility index (Phi) is 19.7. The largest absolute Gasteiger partial charge is 0.508 e. The van der Waals surface area contributed by atoms with Gasteiger partial charge in [0.2, 0.25) is 29.5 Å². The van der Waals surface area contributed by atoms with Crippen molar-refractivity contribution in [3.05, 3.63) is 29.8 Å². The van der Waals surface area contributed by atoms with Crippen LogP contribution in [0.15, 0.2) is 24.3 Å². The van der Waals surface area contributed by atoms with Gasteiger partial charge in [0.25, 0.3) is 0 Å². The Morgan fingerprint density at radius 2 is 1.25 bits per heavy atom. The lowest BCUT2D eigenvalue weighted by Gasteiger charge is -2.31. The van der Waals surface area contributed by atoms with Crippen molar-refractivity contribution < 1.29 is 39.0 Å². The molecule has 0 aliphatic carbocycles. The zero-order valence-electron chi connectivity index (χ0n) is 34.2. The maximum absolute atomic E-state index is 14.2. The fraction of sp³-hybridized carbons (Fsp3) is 0.684. The molecular formula is C38H68N8O8Si2. The van der Waals surface area contributed by atoms with Gasteiger partial charge in [-0.2, -0.15) is 0 Å². The highest BCUT2D eigenvalue weighted by molar-refractivity contribution is 6.77. The van der Waals surface area contributed by atoms with Gasteiger partial charge in [-0.3, -0.25) is 28.8 Å². The number of hydrogen-bond donors (Lipinski definition) is 9. The molecule has 0 aromatic heterocycles. The van der Waals surface area contributed by atoms with Crippen molar-refractivity contribution in [1.29, 1.82) is 0 Å². The lowest BCUT2D eigenvalue weighted by molar-refractivity contribution is -0.142. The highest BCUT2D eigenvalue weighted by atomic mass is 28.3. The summed E-state index contributed by atoms with van der Waals surface area (Å²) in [4.78, 5) is 82.6. The molecular weight excluding hydrogens is 753 g/mol. The van der Waals surface area contributed by atoms with E-state index in [9.17, 15) is 39.0 Å². The van der Waals surface area contributed by atoms with E-state index in [4.69, 9.17) is 17.2 Å². The predicted molar refractivity (Wildman–Crippen MR) is 222 cm³/mol. The molecule has 1 aliphatic rings. The molecule has 5 amide bonds. The average molecular weight is 821 g/mol. The van der Waals surface area contributed by atoms with Crippen molar-refractivity contribution in [2.75, 3.05) is 19.6 Å². The number of amides is 5. The van der Waals surface area contributed by atoms with Crippen molar-refractivity contribution in [2.45, 2.75) is 145 Å². The van der Waals surface area contributed by atoms with Gasteiger partial charge < -0.3 is 53.6 Å². The average Bonchev–Trinajstić information content (AvgIpc) is 3.60. The number of carboxylic acid groups (broad SMARTS) is 1. The molecule has 0 bridgehead atoms. The van der Waals surface area contributed by atoms with Crippen LogP contribution in [-0.2, 0) is 35.2 Å². The zero-order valence-corrected chi connectivity index (χ0v) is 36.2. The first kappa shape index (κ1) is 48.3. The van der Waals surface area contributed by atoms with E-state index in [0.717, 1.165) is 0 Å². The number of phenols is 1. The number of rotatable bonds is 24. The van der Waals surface area contributed by atoms with Gasteiger partial charge >= 0.3 is 5.97 Å². The first-order valence-electron chi connectivity index (χ1n) is 19.8. The maximum atomic E-state index is 14.2. The molecule has 1 aliphatic heterocycles. The summed E-state index contributed by atoms with van der Waals surface area (Å²) in [5, 5.41) is 30.9. The lowest BCUT2D eigenvalue weighted by Crippen LogP contribution is -2.60. The van der Waals surface area contributed by atoms with Crippen molar-refractivity contribution in [2.24, 2.45) is 17.2 Å². The number of nitrogens with one attached hydrogen (secondary N) is 4. The van der Waals surface area contributed by atoms with E-state index in [1.807, 2.05) is 39.3 Å². The Morgan fingerprint density at radius 1 is 0.732 bits per heavy atom. The highest BCUT2D eigenvalue weighted by Crippen LogP contribution is 2.22. The minimum Gasteiger partial charge on any atom is -0.508 e. The van der Waals surface area contributed by atoms with Crippen LogP contribution in [0, 0.1) is 0 Å². The Labute approximate surface area is 333 Å². The van der Waals surface area contributed by atoms with Gasteiger partial charge in [0.1, 0.15) is 36.0 Å². The number of likely N-dealkylation sites (tertiary alicyclic amines) is 1. The van der Waals surface area contributed by atoms with Gasteiger partial charge in [-0.1, -0.05) is 57.8 Å². The summed E-state index contributed by atoms with van der Waals surface area (Å²) in [6, 6.07) is 0.655. The molecule has 0 unspecified atom stereocenters. The molecule has 1 saturated heterocycles. The summed E-state index contributed by atoms with van der Waals surface area (Å²) in [6.07, 6.45) is 4.11. The molecule has 1 fully saturated rings. The van der Waals surface area contributed by atoms with Crippen LogP contribution in [0.25, 0.3) is 0 Å². The van der Waals surface area contributed by atoms with E-state index in [0.29, 0.717) is 82.1 Å². The van der Waals surface area contributed by atoms with Crippen LogP contribution in [0.4, 0.5) is 0 Å². The smallest absolute Gasteiger partial charge is 0.325 e. The maximum Gasteiger partial charge on any atom is 0.325 e. The molecule has 2 rings (SSSR count).